The minimum atomic E-state index is -0.242. The summed E-state index contributed by atoms with van der Waals surface area (Å²) in [7, 11) is 0. The Morgan fingerprint density at radius 1 is 0.571 bits per heavy atom. The molecule has 28 heavy (non-hydrogen) atoms. The summed E-state index contributed by atoms with van der Waals surface area (Å²) in [5, 5.41) is 0. The van der Waals surface area contributed by atoms with E-state index in [4.69, 9.17) is 27.6 Å². The molecule has 3 nitrogen and oxygen atoms in total. The average Bonchev–Trinajstić information content (AvgIpc) is 2.74. The molecular weight excluding hydrogens is 362 g/mol. The van der Waals surface area contributed by atoms with Crippen molar-refractivity contribution in [3.8, 4) is 34.2 Å². The largest absolute Gasteiger partial charge is 0.208 e. The van der Waals surface area contributed by atoms with Crippen LogP contribution in [0.15, 0.2) is 84.9 Å². The van der Waals surface area contributed by atoms with Gasteiger partial charge in [0.15, 0.2) is 17.5 Å². The molecule has 4 rings (SSSR count). The lowest BCUT2D eigenvalue weighted by Crippen LogP contribution is -2.08. The van der Waals surface area contributed by atoms with Crippen LogP contribution in [0.5, 0.6) is 0 Å². The van der Waals surface area contributed by atoms with Crippen molar-refractivity contribution < 1.29 is 0 Å². The first-order chi connectivity index (χ1) is 13.5. The Morgan fingerprint density at radius 2 is 1.00 bits per heavy atom. The first-order valence-electron chi connectivity index (χ1n) is 9.21. The standard InChI is InChI=1S/C24H21N3S/c1-24(2,28)20-15-9-14-19(16-20)23-26-21(17-10-5-3-6-11-17)25-22(27-23)18-12-7-4-8-13-18/h3-16,28H,1-2H3. The fourth-order valence-corrected chi connectivity index (χ4v) is 3.12. The minimum absolute atomic E-state index is 0.242. The zero-order valence-electron chi connectivity index (χ0n) is 15.9. The maximum atomic E-state index is 4.78. The number of nitrogens with zero attached hydrogens (tertiary/aromatic N) is 3. The van der Waals surface area contributed by atoms with Crippen LogP contribution in [0.1, 0.15) is 19.4 Å². The van der Waals surface area contributed by atoms with Crippen LogP contribution in [0.25, 0.3) is 34.2 Å². The molecule has 0 saturated carbocycles. The number of rotatable bonds is 4. The topological polar surface area (TPSA) is 38.7 Å². The molecule has 3 aromatic carbocycles. The Bertz CT molecular complexity index is 1030. The van der Waals surface area contributed by atoms with Crippen molar-refractivity contribution in [3.05, 3.63) is 90.5 Å². The van der Waals surface area contributed by atoms with Gasteiger partial charge in [-0.15, -0.1) is 0 Å². The molecule has 0 aliphatic heterocycles. The molecule has 1 heterocycles. The number of hydrogen-bond donors (Lipinski definition) is 1. The molecule has 0 aliphatic rings. The highest BCUT2D eigenvalue weighted by Gasteiger charge is 2.17. The number of aromatic nitrogens is 3. The summed E-state index contributed by atoms with van der Waals surface area (Å²) < 4.78 is -0.242. The number of thiol groups is 1. The van der Waals surface area contributed by atoms with Crippen molar-refractivity contribution in [1.29, 1.82) is 0 Å². The lowest BCUT2D eigenvalue weighted by molar-refractivity contribution is 0.791. The Balaban J connectivity index is 1.90. The molecule has 1 aromatic heterocycles. The van der Waals surface area contributed by atoms with Gasteiger partial charge in [-0.25, -0.2) is 15.0 Å². The second-order valence-corrected chi connectivity index (χ2v) is 8.30. The molecule has 4 aromatic rings. The second kappa shape index (κ2) is 7.56. The molecule has 0 N–H and O–H groups in total. The third-order valence-electron chi connectivity index (χ3n) is 4.53. The normalized spacial score (nSPS) is 11.4. The third-order valence-corrected chi connectivity index (χ3v) is 4.78. The highest BCUT2D eigenvalue weighted by atomic mass is 32.1. The molecule has 0 bridgehead atoms. The van der Waals surface area contributed by atoms with Gasteiger partial charge in [-0.05, 0) is 25.5 Å². The zero-order chi connectivity index (χ0) is 19.6. The molecule has 0 atom stereocenters. The van der Waals surface area contributed by atoms with Gasteiger partial charge in [-0.3, -0.25) is 0 Å². The van der Waals surface area contributed by atoms with Crippen molar-refractivity contribution in [2.24, 2.45) is 0 Å². The van der Waals surface area contributed by atoms with Gasteiger partial charge in [0, 0.05) is 21.4 Å². The van der Waals surface area contributed by atoms with Crippen molar-refractivity contribution in [2.45, 2.75) is 18.6 Å². The van der Waals surface area contributed by atoms with Gasteiger partial charge in [0.1, 0.15) is 0 Å². The van der Waals surface area contributed by atoms with Crippen LogP contribution in [-0.2, 0) is 4.75 Å². The summed E-state index contributed by atoms with van der Waals surface area (Å²) in [5.74, 6) is 1.99. The van der Waals surface area contributed by atoms with E-state index in [1.807, 2.05) is 72.8 Å². The predicted molar refractivity (Wildman–Crippen MR) is 118 cm³/mol. The van der Waals surface area contributed by atoms with E-state index in [-0.39, 0.29) is 4.75 Å². The molecule has 0 saturated heterocycles. The maximum absolute atomic E-state index is 4.78. The Morgan fingerprint density at radius 3 is 1.46 bits per heavy atom. The van der Waals surface area contributed by atoms with E-state index in [1.54, 1.807) is 0 Å². The smallest absolute Gasteiger partial charge is 0.164 e. The Labute approximate surface area is 171 Å². The highest BCUT2D eigenvalue weighted by Crippen LogP contribution is 2.31. The fourth-order valence-electron chi connectivity index (χ4n) is 2.98. The van der Waals surface area contributed by atoms with Crippen LogP contribution in [0.2, 0.25) is 0 Å². The molecule has 0 amide bonds. The third kappa shape index (κ3) is 3.97. The van der Waals surface area contributed by atoms with Gasteiger partial charge in [-0.2, -0.15) is 12.6 Å². The first-order valence-corrected chi connectivity index (χ1v) is 9.66. The van der Waals surface area contributed by atoms with E-state index in [2.05, 4.69) is 26.0 Å². The van der Waals surface area contributed by atoms with Gasteiger partial charge in [0.05, 0.1) is 0 Å². The summed E-state index contributed by atoms with van der Waals surface area (Å²) >= 11 is 4.71. The van der Waals surface area contributed by atoms with E-state index in [1.165, 1.54) is 0 Å². The summed E-state index contributed by atoms with van der Waals surface area (Å²) in [4.78, 5) is 14.3. The van der Waals surface area contributed by atoms with Crippen LogP contribution >= 0.6 is 12.6 Å². The van der Waals surface area contributed by atoms with E-state index >= 15 is 0 Å². The number of hydrogen-bond acceptors (Lipinski definition) is 4. The quantitative estimate of drug-likeness (QED) is 0.437. The average molecular weight is 384 g/mol. The molecule has 0 radical (unpaired) electrons. The lowest BCUT2D eigenvalue weighted by atomic mass is 9.99. The Hall–Kier alpha value is -2.98. The van der Waals surface area contributed by atoms with E-state index in [0.717, 1.165) is 22.3 Å². The summed E-state index contributed by atoms with van der Waals surface area (Å²) in [6, 6.07) is 28.2. The van der Waals surface area contributed by atoms with Crippen molar-refractivity contribution in [2.75, 3.05) is 0 Å². The highest BCUT2D eigenvalue weighted by molar-refractivity contribution is 7.81. The monoisotopic (exact) mass is 383 g/mol. The summed E-state index contributed by atoms with van der Waals surface area (Å²) in [5.41, 5.74) is 4.01. The van der Waals surface area contributed by atoms with E-state index in [9.17, 15) is 0 Å². The number of benzene rings is 3. The molecular formula is C24H21N3S. The van der Waals surface area contributed by atoms with E-state index < -0.39 is 0 Å². The minimum Gasteiger partial charge on any atom is -0.208 e. The zero-order valence-corrected chi connectivity index (χ0v) is 16.8. The van der Waals surface area contributed by atoms with Crippen molar-refractivity contribution >= 4 is 12.6 Å². The Kier molecular flexibility index (Phi) is 4.97. The molecule has 4 heteroatoms. The second-order valence-electron chi connectivity index (χ2n) is 7.18. The van der Waals surface area contributed by atoms with Crippen LogP contribution in [0, 0.1) is 0 Å². The van der Waals surface area contributed by atoms with Crippen LogP contribution in [-0.4, -0.2) is 15.0 Å². The first kappa shape index (κ1) is 18.4. The van der Waals surface area contributed by atoms with Gasteiger partial charge in [0.25, 0.3) is 0 Å². The molecule has 138 valence electrons. The van der Waals surface area contributed by atoms with Gasteiger partial charge < -0.3 is 0 Å². The van der Waals surface area contributed by atoms with Crippen LogP contribution in [0.4, 0.5) is 0 Å². The van der Waals surface area contributed by atoms with Crippen LogP contribution < -0.4 is 0 Å². The summed E-state index contributed by atoms with van der Waals surface area (Å²) in [6.45, 7) is 4.15. The van der Waals surface area contributed by atoms with Gasteiger partial charge in [-0.1, -0.05) is 78.9 Å². The van der Waals surface area contributed by atoms with Gasteiger partial charge in [0.2, 0.25) is 0 Å². The fraction of sp³-hybridized carbons (Fsp3) is 0.125. The maximum Gasteiger partial charge on any atom is 0.164 e. The predicted octanol–water partition coefficient (Wildman–Crippen LogP) is 6.04. The van der Waals surface area contributed by atoms with Gasteiger partial charge >= 0.3 is 0 Å². The molecule has 0 unspecified atom stereocenters. The van der Waals surface area contributed by atoms with Crippen LogP contribution in [0.3, 0.4) is 0 Å². The lowest BCUT2D eigenvalue weighted by Gasteiger charge is -2.18. The van der Waals surface area contributed by atoms with Crippen molar-refractivity contribution in [1.82, 2.24) is 15.0 Å². The molecule has 0 fully saturated rings. The van der Waals surface area contributed by atoms with E-state index in [0.29, 0.717) is 17.5 Å². The summed E-state index contributed by atoms with van der Waals surface area (Å²) in [6.07, 6.45) is 0. The van der Waals surface area contributed by atoms with Crippen molar-refractivity contribution in [3.63, 3.8) is 0 Å². The molecule has 0 spiro atoms. The molecule has 0 aliphatic carbocycles. The SMILES string of the molecule is CC(C)(S)c1cccc(-c2nc(-c3ccccc3)nc(-c3ccccc3)n2)c1.